The topological polar surface area (TPSA) is 28.7 Å². The van der Waals surface area contributed by atoms with E-state index < -0.39 is 0 Å². The van der Waals surface area contributed by atoms with E-state index in [1.54, 1.807) is 12.5 Å². The molecular weight excluding hydrogens is 100 g/mol. The Bertz CT molecular complexity index is 163. The summed E-state index contributed by atoms with van der Waals surface area (Å²) in [6.45, 7) is 1.97. The SMILES string of the molecule is CC=Cc1cnc[nH]1. The van der Waals surface area contributed by atoms with Gasteiger partial charge in [0.2, 0.25) is 0 Å². The number of allylic oxidation sites excluding steroid dienone is 1. The zero-order valence-electron chi connectivity index (χ0n) is 4.76. The normalized spacial score (nSPS) is 10.6. The molecule has 0 amide bonds. The fraction of sp³-hybridized carbons (Fsp3) is 0.167. The van der Waals surface area contributed by atoms with Gasteiger partial charge in [0.15, 0.2) is 0 Å². The molecule has 1 heterocycles. The monoisotopic (exact) mass is 108 g/mol. The molecule has 0 aliphatic rings. The van der Waals surface area contributed by atoms with Crippen LogP contribution in [0.1, 0.15) is 12.6 Å². The number of nitrogens with one attached hydrogen (secondary N) is 1. The summed E-state index contributed by atoms with van der Waals surface area (Å²) in [7, 11) is 0. The smallest absolute Gasteiger partial charge is 0.0924 e. The van der Waals surface area contributed by atoms with E-state index in [-0.39, 0.29) is 0 Å². The molecule has 0 saturated heterocycles. The van der Waals surface area contributed by atoms with Crippen LogP contribution in [-0.4, -0.2) is 9.97 Å². The third-order valence-electron chi connectivity index (χ3n) is 0.866. The minimum Gasteiger partial charge on any atom is -0.345 e. The van der Waals surface area contributed by atoms with Crippen LogP contribution in [0.25, 0.3) is 6.08 Å². The molecule has 0 bridgehead atoms. The maximum absolute atomic E-state index is 3.83. The number of nitrogens with zero attached hydrogens (tertiary/aromatic N) is 1. The Balaban J connectivity index is 2.77. The lowest BCUT2D eigenvalue weighted by Gasteiger charge is -1.75. The predicted molar refractivity (Wildman–Crippen MR) is 33.3 cm³/mol. The second-order valence-corrected chi connectivity index (χ2v) is 1.51. The summed E-state index contributed by atoms with van der Waals surface area (Å²) in [5.41, 5.74) is 1.05. The van der Waals surface area contributed by atoms with Gasteiger partial charge in [-0.2, -0.15) is 0 Å². The second-order valence-electron chi connectivity index (χ2n) is 1.51. The minimum atomic E-state index is 1.05. The van der Waals surface area contributed by atoms with Crippen molar-refractivity contribution in [3.8, 4) is 0 Å². The first-order chi connectivity index (χ1) is 3.93. The van der Waals surface area contributed by atoms with E-state index in [4.69, 9.17) is 0 Å². The molecule has 2 heteroatoms. The summed E-state index contributed by atoms with van der Waals surface area (Å²) >= 11 is 0. The van der Waals surface area contributed by atoms with Gasteiger partial charge in [-0.3, -0.25) is 0 Å². The van der Waals surface area contributed by atoms with Gasteiger partial charge in [-0.25, -0.2) is 4.98 Å². The average Bonchev–Trinajstić information content (AvgIpc) is 2.19. The van der Waals surface area contributed by atoms with Crippen molar-refractivity contribution in [2.24, 2.45) is 0 Å². The summed E-state index contributed by atoms with van der Waals surface area (Å²) in [6, 6.07) is 0. The molecule has 1 N–H and O–H groups in total. The molecule has 0 radical (unpaired) electrons. The lowest BCUT2D eigenvalue weighted by atomic mass is 10.4. The van der Waals surface area contributed by atoms with Gasteiger partial charge in [-0.05, 0) is 13.0 Å². The number of H-pyrrole nitrogens is 1. The van der Waals surface area contributed by atoms with Gasteiger partial charge < -0.3 is 4.98 Å². The minimum absolute atomic E-state index is 1.05. The number of aromatic amines is 1. The first kappa shape index (κ1) is 5.09. The third kappa shape index (κ3) is 0.964. The summed E-state index contributed by atoms with van der Waals surface area (Å²) in [4.78, 5) is 6.77. The number of rotatable bonds is 1. The maximum Gasteiger partial charge on any atom is 0.0924 e. The van der Waals surface area contributed by atoms with Gasteiger partial charge in [-0.1, -0.05) is 6.08 Å². The van der Waals surface area contributed by atoms with E-state index in [0.29, 0.717) is 0 Å². The van der Waals surface area contributed by atoms with Crippen LogP contribution in [0.2, 0.25) is 0 Å². The summed E-state index contributed by atoms with van der Waals surface area (Å²) < 4.78 is 0. The molecule has 42 valence electrons. The molecule has 0 saturated carbocycles. The van der Waals surface area contributed by atoms with E-state index in [1.807, 2.05) is 19.1 Å². The second kappa shape index (κ2) is 2.31. The van der Waals surface area contributed by atoms with E-state index in [0.717, 1.165) is 5.69 Å². The van der Waals surface area contributed by atoms with Gasteiger partial charge in [0.25, 0.3) is 0 Å². The van der Waals surface area contributed by atoms with Crippen LogP contribution >= 0.6 is 0 Å². The van der Waals surface area contributed by atoms with Crippen LogP contribution in [-0.2, 0) is 0 Å². The van der Waals surface area contributed by atoms with Gasteiger partial charge in [0, 0.05) is 0 Å². The molecule has 1 aromatic heterocycles. The Hall–Kier alpha value is -1.05. The van der Waals surface area contributed by atoms with Crippen LogP contribution in [0, 0.1) is 0 Å². The van der Waals surface area contributed by atoms with Crippen LogP contribution in [0.5, 0.6) is 0 Å². The summed E-state index contributed by atoms with van der Waals surface area (Å²) in [5.74, 6) is 0. The first-order valence-electron chi connectivity index (χ1n) is 2.54. The van der Waals surface area contributed by atoms with E-state index >= 15 is 0 Å². The van der Waals surface area contributed by atoms with Crippen molar-refractivity contribution in [1.29, 1.82) is 0 Å². The highest BCUT2D eigenvalue weighted by Crippen LogP contribution is 1.91. The van der Waals surface area contributed by atoms with Gasteiger partial charge in [0.1, 0.15) is 0 Å². The van der Waals surface area contributed by atoms with E-state index in [9.17, 15) is 0 Å². The van der Waals surface area contributed by atoms with Crippen molar-refractivity contribution in [2.45, 2.75) is 6.92 Å². The average molecular weight is 108 g/mol. The molecular formula is C6H8N2. The van der Waals surface area contributed by atoms with Gasteiger partial charge in [-0.15, -0.1) is 0 Å². The molecule has 0 fully saturated rings. The fourth-order valence-corrected chi connectivity index (χ4v) is 0.537. The third-order valence-corrected chi connectivity index (χ3v) is 0.866. The predicted octanol–water partition coefficient (Wildman–Crippen LogP) is 1.44. The van der Waals surface area contributed by atoms with Crippen molar-refractivity contribution in [3.05, 3.63) is 24.3 Å². The first-order valence-corrected chi connectivity index (χ1v) is 2.54. The highest BCUT2D eigenvalue weighted by atomic mass is 14.8. The Morgan fingerprint density at radius 2 is 2.62 bits per heavy atom. The largest absolute Gasteiger partial charge is 0.345 e. The molecule has 0 aliphatic carbocycles. The van der Waals surface area contributed by atoms with Crippen LogP contribution in [0.15, 0.2) is 18.6 Å². The van der Waals surface area contributed by atoms with E-state index in [1.165, 1.54) is 0 Å². The molecule has 1 aromatic rings. The van der Waals surface area contributed by atoms with Crippen LogP contribution < -0.4 is 0 Å². The molecule has 0 aliphatic heterocycles. The van der Waals surface area contributed by atoms with Crippen molar-refractivity contribution in [2.75, 3.05) is 0 Å². The fourth-order valence-electron chi connectivity index (χ4n) is 0.537. The Kier molecular flexibility index (Phi) is 1.47. The van der Waals surface area contributed by atoms with Gasteiger partial charge >= 0.3 is 0 Å². The Morgan fingerprint density at radius 1 is 1.75 bits per heavy atom. The van der Waals surface area contributed by atoms with Crippen molar-refractivity contribution in [1.82, 2.24) is 9.97 Å². The van der Waals surface area contributed by atoms with Crippen LogP contribution in [0.3, 0.4) is 0 Å². The molecule has 0 unspecified atom stereocenters. The molecule has 0 atom stereocenters. The zero-order valence-corrected chi connectivity index (χ0v) is 4.76. The van der Waals surface area contributed by atoms with Gasteiger partial charge in [0.05, 0.1) is 18.2 Å². The molecule has 0 aromatic carbocycles. The Morgan fingerprint density at radius 3 is 3.12 bits per heavy atom. The standard InChI is InChI=1S/C6H8N2/c1-2-3-6-4-7-5-8-6/h2-5H,1H3,(H,7,8). The highest BCUT2D eigenvalue weighted by Gasteiger charge is 1.79. The number of aromatic nitrogens is 2. The zero-order chi connectivity index (χ0) is 5.82. The van der Waals surface area contributed by atoms with Crippen molar-refractivity contribution >= 4 is 6.08 Å². The number of imidazole rings is 1. The lowest BCUT2D eigenvalue weighted by Crippen LogP contribution is -1.63. The summed E-state index contributed by atoms with van der Waals surface area (Å²) in [6.07, 6.45) is 7.37. The number of hydrogen-bond donors (Lipinski definition) is 1. The van der Waals surface area contributed by atoms with Crippen molar-refractivity contribution in [3.63, 3.8) is 0 Å². The van der Waals surface area contributed by atoms with E-state index in [2.05, 4.69) is 9.97 Å². The summed E-state index contributed by atoms with van der Waals surface area (Å²) in [5, 5.41) is 0. The Labute approximate surface area is 48.3 Å². The molecule has 2 nitrogen and oxygen atoms in total. The molecule has 0 spiro atoms. The lowest BCUT2D eigenvalue weighted by molar-refractivity contribution is 1.31. The van der Waals surface area contributed by atoms with Crippen LogP contribution in [0.4, 0.5) is 0 Å². The highest BCUT2D eigenvalue weighted by molar-refractivity contribution is 5.41. The van der Waals surface area contributed by atoms with Crippen molar-refractivity contribution < 1.29 is 0 Å². The quantitative estimate of drug-likeness (QED) is 0.579. The maximum atomic E-state index is 3.83. The molecule has 1 rings (SSSR count). The molecule has 8 heavy (non-hydrogen) atoms. The number of hydrogen-bond acceptors (Lipinski definition) is 1.